The molecule has 1 saturated heterocycles. The van der Waals surface area contributed by atoms with Crippen LogP contribution in [0.4, 0.5) is 0 Å². The van der Waals surface area contributed by atoms with Crippen molar-refractivity contribution < 1.29 is 13.2 Å². The molecule has 1 unspecified atom stereocenters. The Morgan fingerprint density at radius 1 is 1.55 bits per heavy atom. The van der Waals surface area contributed by atoms with Crippen LogP contribution in [0, 0.1) is 0 Å². The van der Waals surface area contributed by atoms with Gasteiger partial charge in [0, 0.05) is 13.7 Å². The van der Waals surface area contributed by atoms with Crippen molar-refractivity contribution in [1.82, 2.24) is 10.0 Å². The van der Waals surface area contributed by atoms with Gasteiger partial charge in [-0.2, -0.15) is 0 Å². The van der Waals surface area contributed by atoms with Gasteiger partial charge in [-0.25, -0.2) is 13.1 Å². The van der Waals surface area contributed by atoms with Crippen LogP contribution in [0.25, 0.3) is 0 Å². The zero-order valence-corrected chi connectivity index (χ0v) is 14.1. The molecule has 0 saturated carbocycles. The second kappa shape index (κ2) is 6.48. The van der Waals surface area contributed by atoms with Crippen molar-refractivity contribution in [2.24, 2.45) is 0 Å². The second-order valence-electron chi connectivity index (χ2n) is 4.76. The van der Waals surface area contributed by atoms with Gasteiger partial charge in [-0.05, 0) is 25.5 Å². The van der Waals surface area contributed by atoms with Crippen molar-refractivity contribution >= 4 is 44.6 Å². The molecule has 5 nitrogen and oxygen atoms in total. The molecule has 0 spiro atoms. The number of hydrogen-bond acceptors (Lipinski definition) is 5. The van der Waals surface area contributed by atoms with E-state index in [0.717, 1.165) is 30.7 Å². The molecule has 0 bridgehead atoms. The molecule has 20 heavy (non-hydrogen) atoms. The molecule has 1 aliphatic heterocycles. The summed E-state index contributed by atoms with van der Waals surface area (Å²) in [5.41, 5.74) is -0.353. The Morgan fingerprint density at radius 3 is 2.80 bits per heavy atom. The van der Waals surface area contributed by atoms with Gasteiger partial charge in [0.25, 0.3) is 0 Å². The highest BCUT2D eigenvalue weighted by Crippen LogP contribution is 2.34. The van der Waals surface area contributed by atoms with Gasteiger partial charge in [0.1, 0.15) is 9.23 Å². The van der Waals surface area contributed by atoms with Crippen LogP contribution < -0.4 is 10.0 Å². The van der Waals surface area contributed by atoms with Crippen LogP contribution in [-0.2, 0) is 14.8 Å². The molecule has 2 rings (SSSR count). The van der Waals surface area contributed by atoms with E-state index in [1.165, 1.54) is 6.07 Å². The van der Waals surface area contributed by atoms with Crippen LogP contribution in [0.15, 0.2) is 11.0 Å². The largest absolute Gasteiger partial charge is 0.383 e. The Kier molecular flexibility index (Phi) is 5.34. The number of halogens is 2. The summed E-state index contributed by atoms with van der Waals surface area (Å²) in [6.07, 6.45) is 1.86. The van der Waals surface area contributed by atoms with Gasteiger partial charge < -0.3 is 10.1 Å². The van der Waals surface area contributed by atoms with Gasteiger partial charge in [0.2, 0.25) is 10.0 Å². The summed E-state index contributed by atoms with van der Waals surface area (Å²) in [6, 6.07) is 1.36. The lowest BCUT2D eigenvalue weighted by Gasteiger charge is -2.28. The molecule has 1 aliphatic rings. The lowest BCUT2D eigenvalue weighted by atomic mass is 9.99. The summed E-state index contributed by atoms with van der Waals surface area (Å²) in [6.45, 7) is 1.57. The normalized spacial score (nSPS) is 23.4. The zero-order valence-electron chi connectivity index (χ0n) is 10.9. The first-order valence-corrected chi connectivity index (χ1v) is 9.13. The van der Waals surface area contributed by atoms with Gasteiger partial charge in [-0.3, -0.25) is 0 Å². The third-order valence-electron chi connectivity index (χ3n) is 3.27. The molecular formula is C11H16Cl2N2O3S2. The quantitative estimate of drug-likeness (QED) is 0.816. The average Bonchev–Trinajstić information content (AvgIpc) is 2.95. The Bertz CT molecular complexity index is 568. The lowest BCUT2D eigenvalue weighted by molar-refractivity contribution is 0.122. The maximum Gasteiger partial charge on any atom is 0.243 e. The zero-order chi connectivity index (χ0) is 14.8. The van der Waals surface area contributed by atoms with Gasteiger partial charge in [-0.15, -0.1) is 11.3 Å². The summed E-state index contributed by atoms with van der Waals surface area (Å²) in [5, 5.41) is 3.31. The fourth-order valence-electron chi connectivity index (χ4n) is 2.29. The summed E-state index contributed by atoms with van der Waals surface area (Å²) < 4.78 is 32.8. The fourth-order valence-corrected chi connectivity index (χ4v) is 5.56. The number of ether oxygens (including phenoxy) is 1. The Hall–Kier alpha value is 0.110. The van der Waals surface area contributed by atoms with Gasteiger partial charge in [0.05, 0.1) is 16.5 Å². The van der Waals surface area contributed by atoms with Crippen LogP contribution in [0.2, 0.25) is 8.67 Å². The number of thiophene rings is 1. The van der Waals surface area contributed by atoms with E-state index in [9.17, 15) is 8.42 Å². The van der Waals surface area contributed by atoms with E-state index in [2.05, 4.69) is 10.0 Å². The highest BCUT2D eigenvalue weighted by Gasteiger charge is 2.35. The first kappa shape index (κ1) is 16.5. The Balaban J connectivity index is 2.10. The highest BCUT2D eigenvalue weighted by atomic mass is 35.5. The predicted molar refractivity (Wildman–Crippen MR) is 81.4 cm³/mol. The van der Waals surface area contributed by atoms with Crippen molar-refractivity contribution in [3.05, 3.63) is 14.7 Å². The first-order valence-electron chi connectivity index (χ1n) is 6.07. The monoisotopic (exact) mass is 358 g/mol. The van der Waals surface area contributed by atoms with Crippen molar-refractivity contribution in [3.63, 3.8) is 0 Å². The molecule has 0 radical (unpaired) electrons. The van der Waals surface area contributed by atoms with Crippen molar-refractivity contribution in [2.75, 3.05) is 26.8 Å². The van der Waals surface area contributed by atoms with Crippen LogP contribution in [-0.4, -0.2) is 40.8 Å². The number of methoxy groups -OCH3 is 1. The Labute approximate surface area is 132 Å². The fraction of sp³-hybridized carbons (Fsp3) is 0.636. The van der Waals surface area contributed by atoms with Crippen LogP contribution in [0.1, 0.15) is 12.8 Å². The summed E-state index contributed by atoms with van der Waals surface area (Å²) in [5.74, 6) is 0. The number of nitrogens with one attached hydrogen (secondary N) is 2. The van der Waals surface area contributed by atoms with E-state index in [1.807, 2.05) is 0 Å². The topological polar surface area (TPSA) is 67.4 Å². The first-order chi connectivity index (χ1) is 9.38. The highest BCUT2D eigenvalue weighted by molar-refractivity contribution is 7.89. The molecule has 1 aromatic heterocycles. The summed E-state index contributed by atoms with van der Waals surface area (Å²) in [4.78, 5) is 0.0275. The molecular weight excluding hydrogens is 343 g/mol. The van der Waals surface area contributed by atoms with E-state index in [4.69, 9.17) is 27.9 Å². The maximum atomic E-state index is 12.3. The minimum atomic E-state index is -3.67. The molecule has 114 valence electrons. The number of rotatable bonds is 6. The molecule has 2 heterocycles. The molecule has 0 amide bonds. The third kappa shape index (κ3) is 3.65. The Morgan fingerprint density at radius 2 is 2.30 bits per heavy atom. The van der Waals surface area contributed by atoms with E-state index in [0.29, 0.717) is 10.9 Å². The second-order valence-corrected chi connectivity index (χ2v) is 8.78. The lowest BCUT2D eigenvalue weighted by Crippen LogP contribution is -2.52. The SMILES string of the molecule is COCC1(CNS(=O)(=O)c2cc(Cl)sc2Cl)CCCN1. The van der Waals surface area contributed by atoms with Gasteiger partial charge in [-0.1, -0.05) is 23.2 Å². The summed E-state index contributed by atoms with van der Waals surface area (Å²) >= 11 is 12.7. The van der Waals surface area contributed by atoms with E-state index in [-0.39, 0.29) is 21.3 Å². The van der Waals surface area contributed by atoms with Crippen molar-refractivity contribution in [1.29, 1.82) is 0 Å². The standard InChI is InChI=1S/C11H16Cl2N2O3S2/c1-18-7-11(3-2-4-14-11)6-15-20(16,17)8-5-9(12)19-10(8)13/h5,14-15H,2-4,6-7H2,1H3. The summed E-state index contributed by atoms with van der Waals surface area (Å²) in [7, 11) is -2.06. The van der Waals surface area contributed by atoms with Crippen LogP contribution in [0.3, 0.4) is 0 Å². The molecule has 2 N–H and O–H groups in total. The van der Waals surface area contributed by atoms with E-state index >= 15 is 0 Å². The maximum absolute atomic E-state index is 12.3. The molecule has 9 heteroatoms. The van der Waals surface area contributed by atoms with Gasteiger partial charge >= 0.3 is 0 Å². The number of hydrogen-bond donors (Lipinski definition) is 2. The molecule has 1 aromatic rings. The van der Waals surface area contributed by atoms with E-state index in [1.54, 1.807) is 7.11 Å². The van der Waals surface area contributed by atoms with Gasteiger partial charge in [0.15, 0.2) is 0 Å². The van der Waals surface area contributed by atoms with Crippen LogP contribution in [0.5, 0.6) is 0 Å². The van der Waals surface area contributed by atoms with Crippen LogP contribution >= 0.6 is 34.5 Å². The predicted octanol–water partition coefficient (Wildman–Crippen LogP) is 2.10. The van der Waals surface area contributed by atoms with Crippen molar-refractivity contribution in [3.8, 4) is 0 Å². The molecule has 0 aromatic carbocycles. The number of sulfonamides is 1. The van der Waals surface area contributed by atoms with Crippen molar-refractivity contribution in [2.45, 2.75) is 23.3 Å². The minimum absolute atomic E-state index is 0.0275. The van der Waals surface area contributed by atoms with E-state index < -0.39 is 10.0 Å². The smallest absolute Gasteiger partial charge is 0.243 e. The molecule has 1 fully saturated rings. The third-order valence-corrected chi connectivity index (χ3v) is 6.42. The average molecular weight is 359 g/mol. The molecule has 0 aliphatic carbocycles. The molecule has 1 atom stereocenters. The minimum Gasteiger partial charge on any atom is -0.383 e.